The van der Waals surface area contributed by atoms with Gasteiger partial charge >= 0.3 is 5.97 Å². The molecular formula is C19H19NO4S3. The fourth-order valence-corrected chi connectivity index (χ4v) is 5.66. The average molecular weight is 422 g/mol. The molecule has 5 nitrogen and oxygen atoms in total. The predicted molar refractivity (Wildman–Crippen MR) is 110 cm³/mol. The molecule has 0 aliphatic carbocycles. The van der Waals surface area contributed by atoms with Crippen molar-refractivity contribution in [3.05, 3.63) is 58.3 Å². The van der Waals surface area contributed by atoms with E-state index in [2.05, 4.69) is 12.6 Å². The first-order valence-electron chi connectivity index (χ1n) is 8.39. The quantitative estimate of drug-likeness (QED) is 0.551. The molecule has 0 bridgehead atoms. The summed E-state index contributed by atoms with van der Waals surface area (Å²) in [6.45, 7) is 1.63. The summed E-state index contributed by atoms with van der Waals surface area (Å²) in [5, 5.41) is 10.3. The molecule has 8 heteroatoms. The van der Waals surface area contributed by atoms with Crippen LogP contribution in [0.1, 0.15) is 27.5 Å². The Morgan fingerprint density at radius 3 is 2.48 bits per heavy atom. The van der Waals surface area contributed by atoms with Gasteiger partial charge in [-0.25, -0.2) is 4.79 Å². The van der Waals surface area contributed by atoms with Crippen molar-refractivity contribution >= 4 is 53.4 Å². The maximum atomic E-state index is 13.2. The highest BCUT2D eigenvalue weighted by molar-refractivity contribution is 7.99. The lowest BCUT2D eigenvalue weighted by molar-refractivity contribution is -0.150. The molecule has 1 N–H and O–H groups in total. The highest BCUT2D eigenvalue weighted by Gasteiger charge is 2.45. The molecule has 1 fully saturated rings. The van der Waals surface area contributed by atoms with Crippen LogP contribution in [0.25, 0.3) is 0 Å². The van der Waals surface area contributed by atoms with Crippen molar-refractivity contribution in [2.24, 2.45) is 5.92 Å². The molecule has 3 rings (SSSR count). The zero-order valence-corrected chi connectivity index (χ0v) is 17.0. The zero-order chi connectivity index (χ0) is 19.6. The summed E-state index contributed by atoms with van der Waals surface area (Å²) in [5.41, 5.74) is 0.484. The second-order valence-corrected chi connectivity index (χ2v) is 8.91. The summed E-state index contributed by atoms with van der Waals surface area (Å²) >= 11 is 7.32. The van der Waals surface area contributed by atoms with Gasteiger partial charge in [0.05, 0.1) is 11.2 Å². The van der Waals surface area contributed by atoms with Gasteiger partial charge in [0, 0.05) is 16.2 Å². The molecule has 4 atom stereocenters. The number of nitrogens with zero attached hydrogens (tertiary/aromatic N) is 1. The fraction of sp³-hybridized carbons (Fsp3) is 0.316. The van der Waals surface area contributed by atoms with Crippen LogP contribution in [0.2, 0.25) is 0 Å². The number of thioether (sulfide) groups is 1. The molecule has 1 saturated heterocycles. The van der Waals surface area contributed by atoms with E-state index in [1.165, 1.54) is 28.0 Å². The van der Waals surface area contributed by atoms with E-state index in [9.17, 15) is 19.5 Å². The Bertz CT molecular complexity index is 825. The van der Waals surface area contributed by atoms with E-state index in [0.717, 1.165) is 4.88 Å². The predicted octanol–water partition coefficient (Wildman–Crippen LogP) is 3.59. The topological polar surface area (TPSA) is 74.7 Å². The average Bonchev–Trinajstić information content (AvgIpc) is 3.35. The van der Waals surface area contributed by atoms with Gasteiger partial charge in [0.1, 0.15) is 11.4 Å². The summed E-state index contributed by atoms with van der Waals surface area (Å²) in [5.74, 6) is -2.07. The fourth-order valence-electron chi connectivity index (χ4n) is 2.99. The van der Waals surface area contributed by atoms with Crippen molar-refractivity contribution in [1.82, 2.24) is 4.90 Å². The normalized spacial score (nSPS) is 21.6. The number of carbonyl (C=O) groups is 3. The number of amides is 1. The van der Waals surface area contributed by atoms with Gasteiger partial charge in [0.25, 0.3) is 0 Å². The minimum absolute atomic E-state index is 0.244. The van der Waals surface area contributed by atoms with E-state index in [-0.39, 0.29) is 17.1 Å². The van der Waals surface area contributed by atoms with Crippen molar-refractivity contribution in [3.63, 3.8) is 0 Å². The van der Waals surface area contributed by atoms with Crippen molar-refractivity contribution in [2.45, 2.75) is 23.6 Å². The summed E-state index contributed by atoms with van der Waals surface area (Å²) in [7, 11) is 0. The SMILES string of the molecule is CC(C(=O)N1C(c2cccs2)SC[C@H]1C(=O)O)C(S)C(=O)c1ccccc1. The van der Waals surface area contributed by atoms with E-state index in [4.69, 9.17) is 0 Å². The molecule has 3 unspecified atom stereocenters. The van der Waals surface area contributed by atoms with Gasteiger partial charge in [-0.2, -0.15) is 12.6 Å². The number of ketones is 1. The van der Waals surface area contributed by atoms with Crippen LogP contribution in [0.3, 0.4) is 0 Å². The third-order valence-corrected chi connectivity index (χ3v) is 7.58. The molecule has 1 aromatic heterocycles. The van der Waals surface area contributed by atoms with E-state index >= 15 is 0 Å². The Hall–Kier alpha value is -1.77. The van der Waals surface area contributed by atoms with Crippen LogP contribution in [-0.4, -0.2) is 44.7 Å². The van der Waals surface area contributed by atoms with Crippen LogP contribution >= 0.6 is 35.7 Å². The van der Waals surface area contributed by atoms with Gasteiger partial charge in [0.2, 0.25) is 5.91 Å². The molecule has 27 heavy (non-hydrogen) atoms. The third kappa shape index (κ3) is 4.07. The number of carbonyl (C=O) groups excluding carboxylic acids is 2. The summed E-state index contributed by atoms with van der Waals surface area (Å²) in [4.78, 5) is 39.9. The van der Waals surface area contributed by atoms with Crippen molar-refractivity contribution in [3.8, 4) is 0 Å². The van der Waals surface area contributed by atoms with Crippen LogP contribution in [0.4, 0.5) is 0 Å². The second-order valence-electron chi connectivity index (χ2n) is 6.26. The number of thiol groups is 1. The lowest BCUT2D eigenvalue weighted by Crippen LogP contribution is -2.47. The minimum atomic E-state index is -1.03. The van der Waals surface area contributed by atoms with Gasteiger partial charge in [-0.05, 0) is 11.4 Å². The summed E-state index contributed by atoms with van der Waals surface area (Å²) in [6, 6.07) is 11.5. The molecule has 0 saturated carbocycles. The second kappa shape index (κ2) is 8.50. The molecular weight excluding hydrogens is 402 g/mol. The van der Waals surface area contributed by atoms with Crippen LogP contribution in [0.5, 0.6) is 0 Å². The largest absolute Gasteiger partial charge is 0.480 e. The minimum Gasteiger partial charge on any atom is -0.480 e. The number of carboxylic acid groups (broad SMARTS) is 1. The van der Waals surface area contributed by atoms with Crippen LogP contribution in [0.15, 0.2) is 47.8 Å². The number of thiophene rings is 1. The molecule has 1 aromatic carbocycles. The first kappa shape index (κ1) is 20.0. The Balaban J connectivity index is 1.84. The van der Waals surface area contributed by atoms with E-state index in [1.54, 1.807) is 31.2 Å². The number of rotatable bonds is 6. The van der Waals surface area contributed by atoms with Crippen LogP contribution < -0.4 is 0 Å². The van der Waals surface area contributed by atoms with Gasteiger partial charge in [-0.3, -0.25) is 9.59 Å². The monoisotopic (exact) mass is 421 g/mol. The van der Waals surface area contributed by atoms with E-state index < -0.39 is 23.2 Å². The van der Waals surface area contributed by atoms with Gasteiger partial charge in [0.15, 0.2) is 5.78 Å². The highest BCUT2D eigenvalue weighted by atomic mass is 32.2. The molecule has 1 aliphatic rings. The number of benzene rings is 1. The Kier molecular flexibility index (Phi) is 6.29. The lowest BCUT2D eigenvalue weighted by atomic mass is 9.97. The van der Waals surface area contributed by atoms with Gasteiger partial charge in [-0.15, -0.1) is 23.1 Å². The Morgan fingerprint density at radius 1 is 1.19 bits per heavy atom. The van der Waals surface area contributed by atoms with Crippen LogP contribution in [-0.2, 0) is 9.59 Å². The molecule has 1 aliphatic heterocycles. The van der Waals surface area contributed by atoms with Crippen LogP contribution in [0, 0.1) is 5.92 Å². The molecule has 142 valence electrons. The van der Waals surface area contributed by atoms with Crippen molar-refractivity contribution in [2.75, 3.05) is 5.75 Å². The lowest BCUT2D eigenvalue weighted by Gasteiger charge is -2.30. The number of hydrogen-bond acceptors (Lipinski definition) is 6. The van der Waals surface area contributed by atoms with E-state index in [1.807, 2.05) is 23.6 Å². The number of hydrogen-bond donors (Lipinski definition) is 2. The van der Waals surface area contributed by atoms with Gasteiger partial charge < -0.3 is 10.0 Å². The molecule has 2 aromatic rings. The first-order chi connectivity index (χ1) is 12.9. The summed E-state index contributed by atoms with van der Waals surface area (Å²) < 4.78 is 0. The number of carboxylic acids is 1. The van der Waals surface area contributed by atoms with E-state index in [0.29, 0.717) is 11.3 Å². The maximum absolute atomic E-state index is 13.2. The van der Waals surface area contributed by atoms with Crippen molar-refractivity contribution in [1.29, 1.82) is 0 Å². The zero-order valence-electron chi connectivity index (χ0n) is 14.5. The molecule has 0 spiro atoms. The number of aliphatic carboxylic acids is 1. The van der Waals surface area contributed by atoms with Crippen molar-refractivity contribution < 1.29 is 19.5 Å². The summed E-state index contributed by atoms with van der Waals surface area (Å²) in [6.07, 6.45) is 0. The highest BCUT2D eigenvalue weighted by Crippen LogP contribution is 2.44. The molecule has 2 heterocycles. The van der Waals surface area contributed by atoms with Gasteiger partial charge in [-0.1, -0.05) is 43.3 Å². The Morgan fingerprint density at radius 2 is 1.89 bits per heavy atom. The maximum Gasteiger partial charge on any atom is 0.327 e. The standard InChI is InChI=1S/C19H19NO4S3/c1-11(16(25)15(21)12-6-3-2-4-7-12)17(22)20-13(19(23)24)10-27-18(20)14-8-5-9-26-14/h2-9,11,13,16,18,25H,10H2,1H3,(H,23,24)/t11?,13-,16?,18?/m0/s1. The smallest absolute Gasteiger partial charge is 0.327 e. The number of Topliss-reactive ketones (excluding diaryl/α,β-unsaturated/α-hetero) is 1. The molecule has 0 radical (unpaired) electrons. The third-order valence-electron chi connectivity index (χ3n) is 4.52. The first-order valence-corrected chi connectivity index (χ1v) is 10.8. The Labute approximate surface area is 171 Å². The molecule has 1 amide bonds.